The van der Waals surface area contributed by atoms with Crippen molar-refractivity contribution in [2.45, 2.75) is 33.2 Å². The van der Waals surface area contributed by atoms with Crippen molar-refractivity contribution in [2.75, 3.05) is 30.4 Å². The van der Waals surface area contributed by atoms with Crippen molar-refractivity contribution in [3.8, 4) is 0 Å². The fraction of sp³-hybridized carbons (Fsp3) is 0.615. The molecule has 2 N–H and O–H groups in total. The van der Waals surface area contributed by atoms with Crippen LogP contribution in [0.4, 0.5) is 11.6 Å². The quantitative estimate of drug-likeness (QED) is 0.846. The van der Waals surface area contributed by atoms with Crippen molar-refractivity contribution in [2.24, 2.45) is 0 Å². The minimum absolute atomic E-state index is 0.0263. The molecule has 1 unspecified atom stereocenters. The number of amides is 1. The third kappa shape index (κ3) is 2.94. The van der Waals surface area contributed by atoms with Crippen LogP contribution in [0.5, 0.6) is 0 Å². The molecule has 1 fully saturated rings. The van der Waals surface area contributed by atoms with E-state index in [0.29, 0.717) is 0 Å². The van der Waals surface area contributed by atoms with E-state index in [4.69, 9.17) is 0 Å². The number of aromatic nitrogens is 2. The molecule has 1 amide bonds. The van der Waals surface area contributed by atoms with Crippen molar-refractivity contribution in [1.29, 1.82) is 0 Å². The number of carbonyl (C=O) groups is 1. The van der Waals surface area contributed by atoms with E-state index >= 15 is 0 Å². The Kier molecular flexibility index (Phi) is 3.87. The van der Waals surface area contributed by atoms with E-state index in [2.05, 4.69) is 25.5 Å². The first-order valence-electron chi connectivity index (χ1n) is 6.56. The van der Waals surface area contributed by atoms with Crippen LogP contribution in [0.2, 0.25) is 0 Å². The summed E-state index contributed by atoms with van der Waals surface area (Å²) in [7, 11) is 1.86. The number of nitrogens with one attached hydrogen (secondary N) is 2. The second-order valence-electron chi connectivity index (χ2n) is 4.95. The molecule has 0 spiro atoms. The van der Waals surface area contributed by atoms with Gasteiger partial charge in [0.05, 0.1) is 0 Å². The zero-order chi connectivity index (χ0) is 14.0. The highest BCUT2D eigenvalue weighted by Gasteiger charge is 2.26. The van der Waals surface area contributed by atoms with Gasteiger partial charge in [-0.3, -0.25) is 4.79 Å². The first kappa shape index (κ1) is 13.6. The number of anilines is 2. The average molecular weight is 263 g/mol. The Bertz CT molecular complexity index is 488. The summed E-state index contributed by atoms with van der Waals surface area (Å²) < 4.78 is 0. The highest BCUT2D eigenvalue weighted by Crippen LogP contribution is 2.26. The smallest absolute Gasteiger partial charge is 0.217 e. The lowest BCUT2D eigenvalue weighted by Crippen LogP contribution is -2.36. The lowest BCUT2D eigenvalue weighted by Gasteiger charge is -2.21. The van der Waals surface area contributed by atoms with E-state index in [9.17, 15) is 4.79 Å². The lowest BCUT2D eigenvalue weighted by molar-refractivity contribution is -0.119. The Balaban J connectivity index is 2.19. The van der Waals surface area contributed by atoms with E-state index in [1.165, 1.54) is 0 Å². The molecule has 2 heterocycles. The summed E-state index contributed by atoms with van der Waals surface area (Å²) >= 11 is 0. The van der Waals surface area contributed by atoms with Crippen molar-refractivity contribution in [3.05, 3.63) is 11.4 Å². The van der Waals surface area contributed by atoms with Crippen LogP contribution in [0.1, 0.15) is 24.7 Å². The van der Waals surface area contributed by atoms with Gasteiger partial charge in [0.2, 0.25) is 5.91 Å². The molecule has 0 aromatic carbocycles. The summed E-state index contributed by atoms with van der Waals surface area (Å²) in [5.74, 6) is 2.61. The van der Waals surface area contributed by atoms with Gasteiger partial charge in [0.15, 0.2) is 0 Å². The van der Waals surface area contributed by atoms with Crippen LogP contribution in [-0.4, -0.2) is 42.1 Å². The first-order chi connectivity index (χ1) is 9.01. The third-order valence-electron chi connectivity index (χ3n) is 3.36. The molecule has 1 aromatic rings. The van der Waals surface area contributed by atoms with Crippen LogP contribution in [0.3, 0.4) is 0 Å². The minimum atomic E-state index is 0.0263. The van der Waals surface area contributed by atoms with Gasteiger partial charge in [-0.25, -0.2) is 9.97 Å². The highest BCUT2D eigenvalue weighted by atomic mass is 16.1. The first-order valence-corrected chi connectivity index (χ1v) is 6.56. The molecular formula is C13H21N5O. The topological polar surface area (TPSA) is 70.2 Å². The molecule has 0 bridgehead atoms. The molecule has 6 heteroatoms. The summed E-state index contributed by atoms with van der Waals surface area (Å²) in [5, 5.41) is 6.06. The summed E-state index contributed by atoms with van der Waals surface area (Å²) in [6, 6.07) is 0.213. The molecule has 1 saturated heterocycles. The Morgan fingerprint density at radius 3 is 2.74 bits per heavy atom. The van der Waals surface area contributed by atoms with Gasteiger partial charge < -0.3 is 15.5 Å². The van der Waals surface area contributed by atoms with Crippen molar-refractivity contribution in [1.82, 2.24) is 15.3 Å². The summed E-state index contributed by atoms with van der Waals surface area (Å²) in [6.45, 7) is 7.19. The van der Waals surface area contributed by atoms with Gasteiger partial charge >= 0.3 is 0 Å². The standard InChI is InChI=1S/C13H21N5O/c1-8-12(14-4)15-9(2)16-13(8)18-6-5-11(7-18)17-10(3)19/h11H,5-7H2,1-4H3,(H,17,19)(H,14,15,16). The Hall–Kier alpha value is -1.85. The van der Waals surface area contributed by atoms with Gasteiger partial charge in [0.1, 0.15) is 17.5 Å². The number of rotatable bonds is 3. The van der Waals surface area contributed by atoms with E-state index < -0.39 is 0 Å². The second kappa shape index (κ2) is 5.42. The molecule has 0 saturated carbocycles. The van der Waals surface area contributed by atoms with Crippen molar-refractivity contribution < 1.29 is 4.79 Å². The molecular weight excluding hydrogens is 242 g/mol. The molecule has 1 atom stereocenters. The van der Waals surface area contributed by atoms with Gasteiger partial charge in [0, 0.05) is 38.7 Å². The van der Waals surface area contributed by atoms with E-state index in [-0.39, 0.29) is 11.9 Å². The minimum Gasteiger partial charge on any atom is -0.373 e. The normalized spacial score (nSPS) is 18.5. The van der Waals surface area contributed by atoms with Crippen LogP contribution in [0, 0.1) is 13.8 Å². The maximum Gasteiger partial charge on any atom is 0.217 e. The molecule has 1 aromatic heterocycles. The Morgan fingerprint density at radius 1 is 1.37 bits per heavy atom. The molecule has 1 aliphatic heterocycles. The molecule has 6 nitrogen and oxygen atoms in total. The number of carbonyl (C=O) groups excluding carboxylic acids is 1. The lowest BCUT2D eigenvalue weighted by atomic mass is 10.2. The van der Waals surface area contributed by atoms with Gasteiger partial charge in [-0.15, -0.1) is 0 Å². The predicted octanol–water partition coefficient (Wildman–Crippen LogP) is 0.850. The van der Waals surface area contributed by atoms with E-state index in [1.54, 1.807) is 6.92 Å². The summed E-state index contributed by atoms with van der Waals surface area (Å²) in [5.41, 5.74) is 1.05. The van der Waals surface area contributed by atoms with E-state index in [1.807, 2.05) is 20.9 Å². The molecule has 0 radical (unpaired) electrons. The maximum atomic E-state index is 11.1. The van der Waals surface area contributed by atoms with Crippen molar-refractivity contribution >= 4 is 17.5 Å². The molecule has 2 rings (SSSR count). The number of aryl methyl sites for hydroxylation is 1. The van der Waals surface area contributed by atoms with E-state index in [0.717, 1.165) is 42.5 Å². The van der Waals surface area contributed by atoms with Crippen LogP contribution >= 0.6 is 0 Å². The van der Waals surface area contributed by atoms with Gasteiger partial charge in [-0.1, -0.05) is 0 Å². The van der Waals surface area contributed by atoms with Gasteiger partial charge in [-0.2, -0.15) is 0 Å². The molecule has 19 heavy (non-hydrogen) atoms. The summed E-state index contributed by atoms with van der Waals surface area (Å²) in [4.78, 5) is 22.2. The third-order valence-corrected chi connectivity index (χ3v) is 3.36. The van der Waals surface area contributed by atoms with Gasteiger partial charge in [0.25, 0.3) is 0 Å². The second-order valence-corrected chi connectivity index (χ2v) is 4.95. The highest BCUT2D eigenvalue weighted by molar-refractivity contribution is 5.73. The van der Waals surface area contributed by atoms with Crippen LogP contribution < -0.4 is 15.5 Å². The van der Waals surface area contributed by atoms with Gasteiger partial charge in [-0.05, 0) is 20.3 Å². The van der Waals surface area contributed by atoms with Crippen LogP contribution in [0.25, 0.3) is 0 Å². The predicted molar refractivity (Wildman–Crippen MR) is 75.5 cm³/mol. The fourth-order valence-electron chi connectivity index (χ4n) is 2.52. The molecule has 0 aliphatic carbocycles. The summed E-state index contributed by atoms with van der Waals surface area (Å²) in [6.07, 6.45) is 0.955. The SMILES string of the molecule is CNc1nc(C)nc(N2CCC(NC(C)=O)C2)c1C. The Labute approximate surface area is 113 Å². The van der Waals surface area contributed by atoms with Crippen molar-refractivity contribution in [3.63, 3.8) is 0 Å². The maximum absolute atomic E-state index is 11.1. The monoisotopic (exact) mass is 263 g/mol. The molecule has 104 valence electrons. The fourth-order valence-corrected chi connectivity index (χ4v) is 2.52. The number of hydrogen-bond donors (Lipinski definition) is 2. The van der Waals surface area contributed by atoms with Crippen LogP contribution in [-0.2, 0) is 4.79 Å². The largest absolute Gasteiger partial charge is 0.373 e. The zero-order valence-corrected chi connectivity index (χ0v) is 11.9. The Morgan fingerprint density at radius 2 is 2.11 bits per heavy atom. The average Bonchev–Trinajstić information content (AvgIpc) is 2.79. The van der Waals surface area contributed by atoms with Crippen LogP contribution in [0.15, 0.2) is 0 Å². The number of hydrogen-bond acceptors (Lipinski definition) is 5. The molecule has 1 aliphatic rings. The number of nitrogens with zero attached hydrogens (tertiary/aromatic N) is 3. The zero-order valence-electron chi connectivity index (χ0n) is 11.9.